The topological polar surface area (TPSA) is 41.5 Å². The van der Waals surface area contributed by atoms with Crippen LogP contribution in [0.15, 0.2) is 24.3 Å². The number of nitrogens with one attached hydrogen (secondary N) is 1. The number of alkyl halides is 2. The molecule has 0 radical (unpaired) electrons. The molecule has 1 aromatic carbocycles. The summed E-state index contributed by atoms with van der Waals surface area (Å²) in [4.78, 5) is 0. The van der Waals surface area contributed by atoms with Gasteiger partial charge in [0.1, 0.15) is 11.5 Å². The van der Waals surface area contributed by atoms with E-state index in [1.165, 1.54) is 18.2 Å². The van der Waals surface area contributed by atoms with Crippen LogP contribution in [-0.2, 0) is 0 Å². The third-order valence-electron chi connectivity index (χ3n) is 1.57. The van der Waals surface area contributed by atoms with Gasteiger partial charge in [0, 0.05) is 43.4 Å². The van der Waals surface area contributed by atoms with E-state index in [1.54, 1.807) is 0 Å². The predicted molar refractivity (Wildman–Crippen MR) is 62.9 cm³/mol. The first-order chi connectivity index (χ1) is 8.10. The second-order valence-corrected chi connectivity index (χ2v) is 2.98. The Morgan fingerprint density at radius 1 is 1.33 bits per heavy atom. The summed E-state index contributed by atoms with van der Waals surface area (Å²) >= 11 is 0. The molecule has 18 heavy (non-hydrogen) atoms. The summed E-state index contributed by atoms with van der Waals surface area (Å²) in [6.07, 6.45) is 0.954. The summed E-state index contributed by atoms with van der Waals surface area (Å²) in [5.41, 5.74) is 0. The van der Waals surface area contributed by atoms with Crippen LogP contribution in [0.4, 0.5) is 8.78 Å². The van der Waals surface area contributed by atoms with E-state index in [0.717, 1.165) is 25.6 Å². The minimum absolute atomic E-state index is 0. The molecular weight excluding hydrogens is 395 g/mol. The van der Waals surface area contributed by atoms with Crippen molar-refractivity contribution in [2.75, 3.05) is 13.1 Å². The Balaban J connectivity index is 0. The summed E-state index contributed by atoms with van der Waals surface area (Å²) in [5, 5.41) is 11.8. The number of hydrogen-bond acceptors (Lipinski definition) is 3. The van der Waals surface area contributed by atoms with Crippen molar-refractivity contribution in [1.29, 1.82) is 0 Å². The molecule has 1 aromatic rings. The minimum Gasteiger partial charge on any atom is -0.508 e. The quantitative estimate of drug-likeness (QED) is 0.577. The Bertz CT molecular complexity index is 297. The van der Waals surface area contributed by atoms with Crippen LogP contribution in [0.5, 0.6) is 11.5 Å². The molecule has 110 valence electrons. The molecule has 0 atom stereocenters. The van der Waals surface area contributed by atoms with Gasteiger partial charge in [-0.2, -0.15) is 15.2 Å². The largest absolute Gasteiger partial charge is 0.508 e. The van der Waals surface area contributed by atoms with Crippen LogP contribution in [0.25, 0.3) is 0 Å². The Hall–Kier alpha value is -0.113. The molecule has 0 unspecified atom stereocenters. The summed E-state index contributed by atoms with van der Waals surface area (Å²) in [5.74, 6) is -0.136. The summed E-state index contributed by atoms with van der Waals surface area (Å²) in [6, 6.07) is 5.25. The number of ether oxygens (including phenoxy) is 1. The molecule has 0 heterocycles. The molecular formula is C12H17ErF2NO2-2. The van der Waals surface area contributed by atoms with Crippen LogP contribution in [0.1, 0.15) is 6.42 Å². The predicted octanol–water partition coefficient (Wildman–Crippen LogP) is 2.63. The van der Waals surface area contributed by atoms with Crippen molar-refractivity contribution in [1.82, 2.24) is 5.32 Å². The molecule has 0 fully saturated rings. The first-order valence-electron chi connectivity index (χ1n) is 5.13. The Kier molecular flexibility index (Phi) is 15.0. The van der Waals surface area contributed by atoms with Gasteiger partial charge in [0.25, 0.3) is 0 Å². The first kappa shape index (κ1) is 20.2. The minimum atomic E-state index is -2.85. The average Bonchev–Trinajstić information content (AvgIpc) is 2.26. The van der Waals surface area contributed by atoms with Crippen molar-refractivity contribution in [3.8, 4) is 11.5 Å². The third-order valence-corrected chi connectivity index (χ3v) is 1.57. The Morgan fingerprint density at radius 2 is 2.00 bits per heavy atom. The summed E-state index contributed by atoms with van der Waals surface area (Å²) in [6.45, 7) is 6.17. The molecule has 0 aliphatic carbocycles. The number of rotatable bonds is 5. The number of aromatic hydroxyl groups is 1. The Labute approximate surface area is 136 Å². The van der Waals surface area contributed by atoms with E-state index in [1.807, 2.05) is 0 Å². The van der Waals surface area contributed by atoms with Crippen molar-refractivity contribution in [3.63, 3.8) is 0 Å². The zero-order chi connectivity index (χ0) is 13.1. The standard InChI is InChI=1S/C7H6F2O2.C5H11N.Er/c8-7(9)11-6-3-1-2-5(10)4-6;1-3-5-6-4-2;/h1-4,7,10H;6H,1-5H2;/q;-2;. The van der Waals surface area contributed by atoms with Gasteiger partial charge in [-0.05, 0) is 18.7 Å². The fourth-order valence-electron chi connectivity index (χ4n) is 0.910. The van der Waals surface area contributed by atoms with Crippen molar-refractivity contribution < 1.29 is 55.9 Å². The number of phenolic OH excluding ortho intramolecular Hbond substituents is 1. The molecule has 3 nitrogen and oxygen atoms in total. The van der Waals surface area contributed by atoms with E-state index in [2.05, 4.69) is 23.9 Å². The summed E-state index contributed by atoms with van der Waals surface area (Å²) in [7, 11) is 0. The van der Waals surface area contributed by atoms with Crippen LogP contribution in [0, 0.1) is 51.2 Å². The van der Waals surface area contributed by atoms with E-state index >= 15 is 0 Å². The molecule has 6 heteroatoms. The number of benzene rings is 1. The van der Waals surface area contributed by atoms with Gasteiger partial charge in [-0.3, -0.25) is 0 Å². The molecule has 0 spiro atoms. The van der Waals surface area contributed by atoms with Gasteiger partial charge in [-0.15, -0.1) is 6.54 Å². The summed E-state index contributed by atoms with van der Waals surface area (Å²) < 4.78 is 27.1. The zero-order valence-corrected chi connectivity index (χ0v) is 11.7. The maximum atomic E-state index is 11.5. The van der Waals surface area contributed by atoms with Gasteiger partial charge < -0.3 is 29.0 Å². The second-order valence-electron chi connectivity index (χ2n) is 2.98. The molecule has 2 N–H and O–H groups in total. The molecule has 0 aromatic heterocycles. The van der Waals surface area contributed by atoms with Crippen LogP contribution in [0.3, 0.4) is 0 Å². The van der Waals surface area contributed by atoms with Gasteiger partial charge >= 0.3 is 6.61 Å². The molecule has 0 amide bonds. The fourth-order valence-corrected chi connectivity index (χ4v) is 0.910. The van der Waals surface area contributed by atoms with Crippen molar-refractivity contribution in [2.24, 2.45) is 0 Å². The maximum Gasteiger partial charge on any atom is 0.387 e. The van der Waals surface area contributed by atoms with E-state index in [-0.39, 0.29) is 48.8 Å². The van der Waals surface area contributed by atoms with Crippen molar-refractivity contribution in [2.45, 2.75) is 13.0 Å². The monoisotopic (exact) mass is 411 g/mol. The van der Waals surface area contributed by atoms with E-state index in [0.29, 0.717) is 0 Å². The van der Waals surface area contributed by atoms with Gasteiger partial charge in [0.2, 0.25) is 0 Å². The molecule has 1 rings (SSSR count). The van der Waals surface area contributed by atoms with Gasteiger partial charge in [0.15, 0.2) is 0 Å². The van der Waals surface area contributed by atoms with Crippen LogP contribution < -0.4 is 10.1 Å². The fraction of sp³-hybridized carbons (Fsp3) is 0.333. The first-order valence-corrected chi connectivity index (χ1v) is 5.13. The maximum absolute atomic E-state index is 11.5. The van der Waals surface area contributed by atoms with Gasteiger partial charge in [-0.1, -0.05) is 6.07 Å². The van der Waals surface area contributed by atoms with Crippen LogP contribution in [-0.4, -0.2) is 24.8 Å². The van der Waals surface area contributed by atoms with E-state index < -0.39 is 6.61 Å². The van der Waals surface area contributed by atoms with E-state index in [4.69, 9.17) is 5.11 Å². The second kappa shape index (κ2) is 13.3. The van der Waals surface area contributed by atoms with Crippen LogP contribution >= 0.6 is 0 Å². The third kappa shape index (κ3) is 12.3. The SMILES string of the molecule is Oc1cccc(OC(F)F)c1.[CH2-]CCNC[CH2-].[Er]. The van der Waals surface area contributed by atoms with Gasteiger partial charge in [-0.25, -0.2) is 0 Å². The molecule has 0 aliphatic rings. The molecule has 0 bridgehead atoms. The molecule has 0 saturated carbocycles. The number of phenols is 1. The zero-order valence-electron chi connectivity index (χ0n) is 9.82. The number of halogens is 2. The normalized spacial score (nSPS) is 9.17. The van der Waals surface area contributed by atoms with Crippen molar-refractivity contribution >= 4 is 0 Å². The Morgan fingerprint density at radius 3 is 2.39 bits per heavy atom. The smallest absolute Gasteiger partial charge is 0.387 e. The number of hydrogen-bond donors (Lipinski definition) is 2. The van der Waals surface area contributed by atoms with Gasteiger partial charge in [0.05, 0.1) is 0 Å². The van der Waals surface area contributed by atoms with Crippen LogP contribution in [0.2, 0.25) is 0 Å². The van der Waals surface area contributed by atoms with E-state index in [9.17, 15) is 8.78 Å². The van der Waals surface area contributed by atoms with Crippen molar-refractivity contribution in [3.05, 3.63) is 38.1 Å². The molecule has 0 saturated heterocycles. The average molecular weight is 413 g/mol. The molecule has 0 aliphatic heterocycles.